The number of carbonyl (C=O) groups is 3. The van der Waals surface area contributed by atoms with Gasteiger partial charge in [0.25, 0.3) is 5.69 Å². The molecule has 1 saturated heterocycles. The highest BCUT2D eigenvalue weighted by atomic mass is 35.5. The Morgan fingerprint density at radius 2 is 2.04 bits per heavy atom. The molecule has 1 aliphatic heterocycles. The number of hydrogen-bond acceptors (Lipinski definition) is 7. The highest BCUT2D eigenvalue weighted by Crippen LogP contribution is 2.34. The number of β-lactam (4-membered cyclic amide) rings is 1. The Bertz CT molecular complexity index is 742. The number of non-ortho nitro benzene ring substituents is 1. The maximum atomic E-state index is 12.2. The standard InChI is InChI=1S/C18H21ClN2O6S/c1-2-3-4-5-16(23)28-15-10-14(22)20(15)17(19)18(24)27-11-12-6-8-13(9-7-12)21(25)26/h6-9,15,17H,2-5,10-11H2,1H3. The zero-order valence-corrected chi connectivity index (χ0v) is 16.9. The summed E-state index contributed by atoms with van der Waals surface area (Å²) in [7, 11) is 0. The lowest BCUT2D eigenvalue weighted by Crippen LogP contribution is -2.57. The molecule has 0 spiro atoms. The minimum absolute atomic E-state index is 0.0286. The first-order chi connectivity index (χ1) is 13.3. The number of benzene rings is 1. The fraction of sp³-hybridized carbons (Fsp3) is 0.500. The zero-order valence-electron chi connectivity index (χ0n) is 15.3. The van der Waals surface area contributed by atoms with Crippen LogP contribution < -0.4 is 0 Å². The predicted octanol–water partition coefficient (Wildman–Crippen LogP) is 3.60. The van der Waals surface area contributed by atoms with E-state index in [0.29, 0.717) is 12.0 Å². The summed E-state index contributed by atoms with van der Waals surface area (Å²) in [5, 5.41) is 10.1. The quantitative estimate of drug-likeness (QED) is 0.106. The Morgan fingerprint density at radius 3 is 2.61 bits per heavy atom. The van der Waals surface area contributed by atoms with Crippen molar-refractivity contribution in [3.63, 3.8) is 0 Å². The minimum Gasteiger partial charge on any atom is -0.458 e. The van der Waals surface area contributed by atoms with Crippen LogP contribution >= 0.6 is 23.4 Å². The second-order valence-corrected chi connectivity index (χ2v) is 7.92. The molecule has 0 aromatic heterocycles. The molecule has 0 bridgehead atoms. The molecule has 0 N–H and O–H groups in total. The molecule has 0 aliphatic carbocycles. The van der Waals surface area contributed by atoms with Gasteiger partial charge in [0.05, 0.1) is 16.7 Å². The van der Waals surface area contributed by atoms with Crippen LogP contribution in [-0.4, -0.2) is 37.7 Å². The van der Waals surface area contributed by atoms with Gasteiger partial charge in [0.1, 0.15) is 6.61 Å². The van der Waals surface area contributed by atoms with E-state index in [0.717, 1.165) is 35.9 Å². The SMILES string of the molecule is CCCCCC(=O)SC1CC(=O)N1C(Cl)C(=O)OCc1ccc([N+](=O)[O-])cc1. The zero-order chi connectivity index (χ0) is 20.7. The number of nitro groups is 1. The molecule has 10 heteroatoms. The molecule has 1 aromatic carbocycles. The second-order valence-electron chi connectivity index (χ2n) is 6.27. The Balaban J connectivity index is 1.84. The second kappa shape index (κ2) is 10.4. The summed E-state index contributed by atoms with van der Waals surface area (Å²) < 4.78 is 5.10. The third-order valence-corrected chi connectivity index (χ3v) is 5.69. The van der Waals surface area contributed by atoms with Crippen molar-refractivity contribution < 1.29 is 24.0 Å². The highest BCUT2D eigenvalue weighted by Gasteiger charge is 2.45. The molecule has 2 unspecified atom stereocenters. The maximum absolute atomic E-state index is 12.2. The Morgan fingerprint density at radius 1 is 1.36 bits per heavy atom. The number of thioether (sulfide) groups is 1. The molecule has 0 saturated carbocycles. The number of hydrogen-bond donors (Lipinski definition) is 0. The van der Waals surface area contributed by atoms with Crippen molar-refractivity contribution in [1.29, 1.82) is 0 Å². The van der Waals surface area contributed by atoms with Gasteiger partial charge in [0, 0.05) is 18.6 Å². The van der Waals surface area contributed by atoms with E-state index in [1.165, 1.54) is 24.3 Å². The van der Waals surface area contributed by atoms with Crippen molar-refractivity contribution in [3.8, 4) is 0 Å². The van der Waals surface area contributed by atoms with E-state index in [4.69, 9.17) is 16.3 Å². The van der Waals surface area contributed by atoms with E-state index >= 15 is 0 Å². The number of amides is 1. The molecule has 1 aliphatic rings. The number of nitrogens with zero attached hydrogens (tertiary/aromatic N) is 2. The summed E-state index contributed by atoms with van der Waals surface area (Å²) in [6.45, 7) is 1.92. The molecule has 2 rings (SSSR count). The van der Waals surface area contributed by atoms with E-state index in [9.17, 15) is 24.5 Å². The number of alkyl halides is 1. The average Bonchev–Trinajstić information content (AvgIpc) is 2.66. The first kappa shape index (κ1) is 22.2. The van der Waals surface area contributed by atoms with Crippen molar-refractivity contribution in [3.05, 3.63) is 39.9 Å². The number of nitro benzene ring substituents is 1. The molecular weight excluding hydrogens is 408 g/mol. The normalized spacial score (nSPS) is 17.0. The van der Waals surface area contributed by atoms with Crippen LogP contribution in [0.3, 0.4) is 0 Å². The number of likely N-dealkylation sites (tertiary alicyclic amines) is 1. The summed E-state index contributed by atoms with van der Waals surface area (Å²) in [6.07, 6.45) is 3.35. The highest BCUT2D eigenvalue weighted by molar-refractivity contribution is 8.14. The van der Waals surface area contributed by atoms with Crippen molar-refractivity contribution in [1.82, 2.24) is 4.90 Å². The van der Waals surface area contributed by atoms with Crippen LogP contribution in [0.4, 0.5) is 5.69 Å². The number of unbranched alkanes of at least 4 members (excludes halogenated alkanes) is 2. The predicted molar refractivity (Wildman–Crippen MR) is 105 cm³/mol. The van der Waals surface area contributed by atoms with Crippen LogP contribution in [0.25, 0.3) is 0 Å². The fourth-order valence-corrected chi connectivity index (χ4v) is 4.07. The smallest absolute Gasteiger partial charge is 0.345 e. The van der Waals surface area contributed by atoms with E-state index in [2.05, 4.69) is 0 Å². The van der Waals surface area contributed by atoms with Gasteiger partial charge in [-0.15, -0.1) is 0 Å². The van der Waals surface area contributed by atoms with E-state index in [-0.39, 0.29) is 29.7 Å². The van der Waals surface area contributed by atoms with Crippen molar-refractivity contribution in [2.45, 2.75) is 56.5 Å². The van der Waals surface area contributed by atoms with Crippen LogP contribution in [0.1, 0.15) is 44.6 Å². The van der Waals surface area contributed by atoms with Crippen LogP contribution in [0.15, 0.2) is 24.3 Å². The molecule has 2 atom stereocenters. The van der Waals surface area contributed by atoms with Gasteiger partial charge >= 0.3 is 5.97 Å². The van der Waals surface area contributed by atoms with Crippen LogP contribution in [0.5, 0.6) is 0 Å². The Labute approximate surface area is 171 Å². The molecule has 1 fully saturated rings. The molecule has 28 heavy (non-hydrogen) atoms. The van der Waals surface area contributed by atoms with Gasteiger partial charge in [-0.3, -0.25) is 19.7 Å². The third kappa shape index (κ3) is 5.93. The molecule has 1 aromatic rings. The van der Waals surface area contributed by atoms with E-state index in [1.807, 2.05) is 6.92 Å². The van der Waals surface area contributed by atoms with Gasteiger partial charge in [-0.1, -0.05) is 43.1 Å². The lowest BCUT2D eigenvalue weighted by Gasteiger charge is -2.41. The summed E-state index contributed by atoms with van der Waals surface area (Å²) in [6, 6.07) is 5.54. The van der Waals surface area contributed by atoms with E-state index < -0.39 is 21.8 Å². The first-order valence-electron chi connectivity index (χ1n) is 8.88. The molecule has 0 radical (unpaired) electrons. The molecule has 8 nitrogen and oxygen atoms in total. The topological polar surface area (TPSA) is 107 Å². The monoisotopic (exact) mass is 428 g/mol. The Kier molecular flexibility index (Phi) is 8.25. The number of esters is 1. The maximum Gasteiger partial charge on any atom is 0.345 e. The summed E-state index contributed by atoms with van der Waals surface area (Å²) in [5.41, 5.74) is -0.838. The molecular formula is C18H21ClN2O6S. The number of ether oxygens (including phenoxy) is 1. The number of halogens is 1. The van der Waals surface area contributed by atoms with Crippen LogP contribution in [0.2, 0.25) is 0 Å². The average molecular weight is 429 g/mol. The molecule has 1 amide bonds. The van der Waals surface area contributed by atoms with Gasteiger partial charge in [-0.05, 0) is 24.1 Å². The van der Waals surface area contributed by atoms with Crippen molar-refractivity contribution in [2.75, 3.05) is 0 Å². The number of carbonyl (C=O) groups excluding carboxylic acids is 3. The van der Waals surface area contributed by atoms with Crippen molar-refractivity contribution >= 4 is 46.0 Å². The van der Waals surface area contributed by atoms with Gasteiger partial charge < -0.3 is 9.64 Å². The lowest BCUT2D eigenvalue weighted by atomic mass is 10.2. The fourth-order valence-electron chi connectivity index (χ4n) is 2.55. The van der Waals surface area contributed by atoms with Crippen molar-refractivity contribution in [2.24, 2.45) is 0 Å². The molecule has 152 valence electrons. The van der Waals surface area contributed by atoms with Gasteiger partial charge in [-0.25, -0.2) is 4.79 Å². The summed E-state index contributed by atoms with van der Waals surface area (Å²) >= 11 is 7.11. The van der Waals surface area contributed by atoms with Gasteiger partial charge in [0.15, 0.2) is 5.12 Å². The summed E-state index contributed by atoms with van der Waals surface area (Å²) in [5.74, 6) is -1.12. The molecule has 1 heterocycles. The minimum atomic E-state index is -1.32. The van der Waals surface area contributed by atoms with E-state index in [1.54, 1.807) is 0 Å². The van der Waals surface area contributed by atoms with Crippen LogP contribution in [0, 0.1) is 10.1 Å². The largest absolute Gasteiger partial charge is 0.458 e. The number of rotatable bonds is 10. The lowest BCUT2D eigenvalue weighted by molar-refractivity contribution is -0.384. The third-order valence-electron chi connectivity index (χ3n) is 4.17. The van der Waals surface area contributed by atoms with Gasteiger partial charge in [-0.2, -0.15) is 0 Å². The summed E-state index contributed by atoms with van der Waals surface area (Å²) in [4.78, 5) is 47.2. The van der Waals surface area contributed by atoms with Gasteiger partial charge in [0.2, 0.25) is 11.4 Å². The first-order valence-corrected chi connectivity index (χ1v) is 10.2. The van der Waals surface area contributed by atoms with Crippen LogP contribution in [-0.2, 0) is 25.7 Å². The Hall–Kier alpha value is -2.13.